The fourth-order valence-corrected chi connectivity index (χ4v) is 4.20. The Balaban J connectivity index is 1.74. The minimum atomic E-state index is -3.72. The number of hydrogen-bond acceptors (Lipinski definition) is 4. The van der Waals surface area contributed by atoms with E-state index in [4.69, 9.17) is 16.3 Å². The van der Waals surface area contributed by atoms with Gasteiger partial charge in [-0.2, -0.15) is 0 Å². The number of benzene rings is 2. The van der Waals surface area contributed by atoms with Crippen LogP contribution < -0.4 is 14.4 Å². The molecule has 0 bridgehead atoms. The number of hydrogen-bond donors (Lipinski definition) is 1. The highest BCUT2D eigenvalue weighted by Gasteiger charge is 2.22. The maximum atomic E-state index is 12.5. The third-order valence-corrected chi connectivity index (χ3v) is 5.89. The molecule has 0 spiro atoms. The van der Waals surface area contributed by atoms with Crippen LogP contribution in [0, 0.1) is 0 Å². The third-order valence-electron chi connectivity index (χ3n) is 4.20. The highest BCUT2D eigenvalue weighted by Crippen LogP contribution is 2.27. The molecule has 1 amide bonds. The Morgan fingerprint density at radius 1 is 1.23 bits per heavy atom. The first-order valence-electron chi connectivity index (χ1n) is 8.13. The summed E-state index contributed by atoms with van der Waals surface area (Å²) in [5, 5.41) is 0.227. The van der Waals surface area contributed by atoms with Crippen molar-refractivity contribution in [3.63, 3.8) is 0 Å². The molecule has 0 atom stereocenters. The smallest absolute Gasteiger partial charge is 0.240 e. The van der Waals surface area contributed by atoms with Crippen LogP contribution in [0.3, 0.4) is 0 Å². The molecule has 2 aromatic carbocycles. The number of carbonyl (C=O) groups is 1. The molecule has 8 heteroatoms. The Bertz CT molecular complexity index is 931. The summed E-state index contributed by atoms with van der Waals surface area (Å²) in [5.74, 6) is 0.504. The molecule has 1 N–H and O–H groups in total. The van der Waals surface area contributed by atoms with Crippen molar-refractivity contribution in [2.75, 3.05) is 18.6 Å². The lowest BCUT2D eigenvalue weighted by Crippen LogP contribution is -2.25. The van der Waals surface area contributed by atoms with Gasteiger partial charge in [-0.05, 0) is 42.3 Å². The molecule has 6 nitrogen and oxygen atoms in total. The van der Waals surface area contributed by atoms with Crippen LogP contribution in [0.25, 0.3) is 0 Å². The van der Waals surface area contributed by atoms with Gasteiger partial charge in [0.15, 0.2) is 0 Å². The van der Waals surface area contributed by atoms with Gasteiger partial charge in [0.2, 0.25) is 15.9 Å². The molecule has 1 aliphatic rings. The van der Waals surface area contributed by atoms with Crippen molar-refractivity contribution in [1.82, 2.24) is 4.72 Å². The Morgan fingerprint density at radius 2 is 2.04 bits per heavy atom. The minimum absolute atomic E-state index is 0.0641. The summed E-state index contributed by atoms with van der Waals surface area (Å²) in [7, 11) is -2.26. The topological polar surface area (TPSA) is 75.7 Å². The molecule has 26 heavy (non-hydrogen) atoms. The maximum absolute atomic E-state index is 12.5. The van der Waals surface area contributed by atoms with E-state index in [1.54, 1.807) is 4.90 Å². The predicted octanol–water partition coefficient (Wildman–Crippen LogP) is 2.95. The molecule has 2 aromatic rings. The third kappa shape index (κ3) is 4.00. The van der Waals surface area contributed by atoms with Gasteiger partial charge in [-0.3, -0.25) is 4.79 Å². The van der Waals surface area contributed by atoms with Gasteiger partial charge in [0.05, 0.1) is 17.0 Å². The van der Waals surface area contributed by atoms with E-state index in [0.29, 0.717) is 18.7 Å². The van der Waals surface area contributed by atoms with Gasteiger partial charge in [0, 0.05) is 25.2 Å². The van der Waals surface area contributed by atoms with E-state index < -0.39 is 10.0 Å². The van der Waals surface area contributed by atoms with E-state index in [1.807, 2.05) is 24.3 Å². The van der Waals surface area contributed by atoms with Gasteiger partial charge >= 0.3 is 0 Å². The number of nitrogens with zero attached hydrogens (tertiary/aromatic N) is 1. The average molecular weight is 395 g/mol. The molecule has 1 heterocycles. The normalized spacial score (nSPS) is 14.7. The lowest BCUT2D eigenvalue weighted by molar-refractivity contribution is -0.117. The SMILES string of the molecule is COc1ccc(S(=O)(=O)NCc2cccc(N3CCCC3=O)c2)cc1Cl. The molecule has 1 saturated heterocycles. The predicted molar refractivity (Wildman–Crippen MR) is 100 cm³/mol. The second-order valence-corrected chi connectivity index (χ2v) is 8.11. The number of anilines is 1. The molecule has 0 aromatic heterocycles. The standard InChI is InChI=1S/C18H19ClN2O4S/c1-25-17-8-7-15(11-16(17)19)26(23,24)20-12-13-4-2-5-14(10-13)21-9-3-6-18(21)22/h2,4-5,7-8,10-11,20H,3,6,9,12H2,1H3. The van der Waals surface area contributed by atoms with E-state index in [-0.39, 0.29) is 22.4 Å². The van der Waals surface area contributed by atoms with E-state index in [2.05, 4.69) is 4.72 Å². The van der Waals surface area contributed by atoms with Crippen LogP contribution in [0.4, 0.5) is 5.69 Å². The molecule has 1 aliphatic heterocycles. The van der Waals surface area contributed by atoms with Crippen LogP contribution in [0.2, 0.25) is 5.02 Å². The summed E-state index contributed by atoms with van der Waals surface area (Å²) in [6, 6.07) is 11.6. The maximum Gasteiger partial charge on any atom is 0.240 e. The second-order valence-electron chi connectivity index (χ2n) is 5.94. The van der Waals surface area contributed by atoms with Crippen LogP contribution in [0.5, 0.6) is 5.75 Å². The Labute approximate surface area is 157 Å². The number of halogens is 1. The fraction of sp³-hybridized carbons (Fsp3) is 0.278. The van der Waals surface area contributed by atoms with E-state index in [9.17, 15) is 13.2 Å². The number of carbonyl (C=O) groups excluding carboxylic acids is 1. The Kier molecular flexibility index (Phi) is 5.50. The van der Waals surface area contributed by atoms with Gasteiger partial charge in [-0.15, -0.1) is 0 Å². The van der Waals surface area contributed by atoms with Crippen LogP contribution in [0.15, 0.2) is 47.4 Å². The van der Waals surface area contributed by atoms with Crippen molar-refractivity contribution in [2.24, 2.45) is 0 Å². The highest BCUT2D eigenvalue weighted by atomic mass is 35.5. The van der Waals surface area contributed by atoms with Gasteiger partial charge in [0.1, 0.15) is 5.75 Å². The molecule has 0 radical (unpaired) electrons. The van der Waals surface area contributed by atoms with Gasteiger partial charge in [-0.25, -0.2) is 13.1 Å². The van der Waals surface area contributed by atoms with E-state index in [1.165, 1.54) is 25.3 Å². The zero-order valence-corrected chi connectivity index (χ0v) is 15.8. The first-order valence-corrected chi connectivity index (χ1v) is 9.99. The molecular formula is C18H19ClN2O4S. The van der Waals surface area contributed by atoms with Crippen molar-refractivity contribution in [2.45, 2.75) is 24.3 Å². The van der Waals surface area contributed by atoms with Crippen molar-refractivity contribution in [1.29, 1.82) is 0 Å². The number of rotatable bonds is 6. The van der Waals surface area contributed by atoms with Crippen molar-refractivity contribution >= 4 is 33.2 Å². The minimum Gasteiger partial charge on any atom is -0.495 e. The number of amides is 1. The van der Waals surface area contributed by atoms with Crippen LogP contribution >= 0.6 is 11.6 Å². The van der Waals surface area contributed by atoms with Gasteiger partial charge in [0.25, 0.3) is 0 Å². The summed E-state index contributed by atoms with van der Waals surface area (Å²) >= 11 is 6.01. The number of methoxy groups -OCH3 is 1. The number of ether oxygens (including phenoxy) is 1. The molecule has 0 saturated carbocycles. The molecule has 0 aliphatic carbocycles. The number of nitrogens with one attached hydrogen (secondary N) is 1. The lowest BCUT2D eigenvalue weighted by Gasteiger charge is -2.16. The molecule has 0 unspecified atom stereocenters. The first-order chi connectivity index (χ1) is 12.4. The molecule has 138 valence electrons. The van der Waals surface area contributed by atoms with E-state index >= 15 is 0 Å². The largest absolute Gasteiger partial charge is 0.495 e. The molecule has 1 fully saturated rings. The Morgan fingerprint density at radius 3 is 2.69 bits per heavy atom. The van der Waals surface area contributed by atoms with Crippen LogP contribution in [0.1, 0.15) is 18.4 Å². The fourth-order valence-electron chi connectivity index (χ4n) is 2.83. The van der Waals surface area contributed by atoms with Crippen molar-refractivity contribution in [3.05, 3.63) is 53.1 Å². The zero-order chi connectivity index (χ0) is 18.7. The summed E-state index contributed by atoms with van der Waals surface area (Å²) in [5.41, 5.74) is 1.56. The summed E-state index contributed by atoms with van der Waals surface area (Å²) in [6.45, 7) is 0.806. The highest BCUT2D eigenvalue weighted by molar-refractivity contribution is 7.89. The van der Waals surface area contributed by atoms with Crippen molar-refractivity contribution < 1.29 is 17.9 Å². The monoisotopic (exact) mass is 394 g/mol. The van der Waals surface area contributed by atoms with Crippen LogP contribution in [-0.4, -0.2) is 28.0 Å². The van der Waals surface area contributed by atoms with Gasteiger partial charge < -0.3 is 9.64 Å². The van der Waals surface area contributed by atoms with Crippen molar-refractivity contribution in [3.8, 4) is 5.75 Å². The first kappa shape index (κ1) is 18.7. The molecule has 3 rings (SSSR count). The number of sulfonamides is 1. The average Bonchev–Trinajstić information content (AvgIpc) is 3.06. The summed E-state index contributed by atoms with van der Waals surface area (Å²) < 4.78 is 32.5. The zero-order valence-electron chi connectivity index (χ0n) is 14.2. The second kappa shape index (κ2) is 7.65. The Hall–Kier alpha value is -2.09. The molecular weight excluding hydrogens is 376 g/mol. The van der Waals surface area contributed by atoms with Gasteiger partial charge in [-0.1, -0.05) is 23.7 Å². The summed E-state index contributed by atoms with van der Waals surface area (Å²) in [4.78, 5) is 13.7. The summed E-state index contributed by atoms with van der Waals surface area (Å²) in [6.07, 6.45) is 1.39. The quantitative estimate of drug-likeness (QED) is 0.817. The lowest BCUT2D eigenvalue weighted by atomic mass is 10.2. The van der Waals surface area contributed by atoms with Crippen LogP contribution in [-0.2, 0) is 21.4 Å². The van der Waals surface area contributed by atoms with E-state index in [0.717, 1.165) is 17.7 Å².